The maximum absolute atomic E-state index is 12.9. The normalized spacial score (nSPS) is 46.9. The van der Waals surface area contributed by atoms with Gasteiger partial charge in [0.1, 0.15) is 17.5 Å². The molecule has 1 aliphatic heterocycles. The monoisotopic (exact) mass is 286 g/mol. The lowest BCUT2D eigenvalue weighted by atomic mass is 9.53. The van der Waals surface area contributed by atoms with E-state index in [0.29, 0.717) is 6.42 Å². The summed E-state index contributed by atoms with van der Waals surface area (Å²) in [5, 5.41) is 10.8. The van der Waals surface area contributed by atoms with E-state index in [1.165, 1.54) is 0 Å². The third kappa shape index (κ3) is 1.31. The van der Waals surface area contributed by atoms with E-state index < -0.39 is 17.1 Å². The van der Waals surface area contributed by atoms with Gasteiger partial charge in [-0.1, -0.05) is 44.2 Å². The molecule has 21 heavy (non-hydrogen) atoms. The van der Waals surface area contributed by atoms with Crippen molar-refractivity contribution in [3.8, 4) is 0 Å². The average molecular weight is 286 g/mol. The van der Waals surface area contributed by atoms with Crippen LogP contribution in [0.15, 0.2) is 30.3 Å². The SMILES string of the molecule is CC1(C)CCC(=O)[C@@]2(C)[C@H](c3ccccc3)[C@@H](O)[C@H]3O[C@@]312. The van der Waals surface area contributed by atoms with Gasteiger partial charge in [-0.3, -0.25) is 4.79 Å². The Kier molecular flexibility index (Phi) is 2.42. The molecule has 1 aromatic rings. The van der Waals surface area contributed by atoms with E-state index in [0.717, 1.165) is 12.0 Å². The molecule has 1 spiro atoms. The zero-order valence-electron chi connectivity index (χ0n) is 12.8. The molecule has 112 valence electrons. The van der Waals surface area contributed by atoms with Gasteiger partial charge in [-0.2, -0.15) is 0 Å². The fourth-order valence-electron chi connectivity index (χ4n) is 5.33. The third-order valence-corrected chi connectivity index (χ3v) is 6.42. The summed E-state index contributed by atoms with van der Waals surface area (Å²) in [6, 6.07) is 9.95. The van der Waals surface area contributed by atoms with Crippen molar-refractivity contribution < 1.29 is 14.6 Å². The Hall–Kier alpha value is -1.19. The van der Waals surface area contributed by atoms with Crippen LogP contribution in [0, 0.1) is 10.8 Å². The number of carbonyl (C=O) groups excluding carboxylic acids is 1. The molecule has 0 unspecified atom stereocenters. The Bertz CT molecular complexity index is 608. The Morgan fingerprint density at radius 2 is 1.86 bits per heavy atom. The highest BCUT2D eigenvalue weighted by Crippen LogP contribution is 2.75. The van der Waals surface area contributed by atoms with E-state index in [9.17, 15) is 9.90 Å². The summed E-state index contributed by atoms with van der Waals surface area (Å²) in [5.74, 6) is 0.0826. The van der Waals surface area contributed by atoms with E-state index in [-0.39, 0.29) is 23.2 Å². The molecule has 4 rings (SSSR count). The molecule has 3 nitrogen and oxygen atoms in total. The van der Waals surface area contributed by atoms with E-state index in [2.05, 4.69) is 13.8 Å². The second-order valence-corrected chi connectivity index (χ2v) is 7.66. The Labute approximate surface area is 125 Å². The number of benzene rings is 1. The molecule has 0 aromatic heterocycles. The molecular weight excluding hydrogens is 264 g/mol. The average Bonchev–Trinajstić information content (AvgIpc) is 3.18. The molecule has 1 N–H and O–H groups in total. The largest absolute Gasteiger partial charge is 0.390 e. The highest BCUT2D eigenvalue weighted by atomic mass is 16.6. The number of carbonyl (C=O) groups is 1. The summed E-state index contributed by atoms with van der Waals surface area (Å²) in [4.78, 5) is 12.9. The fraction of sp³-hybridized carbons (Fsp3) is 0.611. The van der Waals surface area contributed by atoms with Gasteiger partial charge in [-0.05, 0) is 24.3 Å². The molecule has 0 bridgehead atoms. The first-order valence-corrected chi connectivity index (χ1v) is 7.80. The number of aliphatic hydroxyl groups excluding tert-OH is 1. The van der Waals surface area contributed by atoms with Gasteiger partial charge >= 0.3 is 0 Å². The summed E-state index contributed by atoms with van der Waals surface area (Å²) < 4.78 is 6.03. The van der Waals surface area contributed by atoms with Crippen LogP contribution in [0.1, 0.15) is 45.1 Å². The molecule has 5 atom stereocenters. The fourth-order valence-corrected chi connectivity index (χ4v) is 5.33. The van der Waals surface area contributed by atoms with Crippen LogP contribution in [0.2, 0.25) is 0 Å². The van der Waals surface area contributed by atoms with Crippen molar-refractivity contribution in [2.24, 2.45) is 10.8 Å². The number of hydrogen-bond acceptors (Lipinski definition) is 3. The van der Waals surface area contributed by atoms with Crippen molar-refractivity contribution in [3.05, 3.63) is 35.9 Å². The molecule has 1 saturated heterocycles. The molecule has 1 aromatic carbocycles. The summed E-state index contributed by atoms with van der Waals surface area (Å²) >= 11 is 0. The first kappa shape index (κ1) is 13.5. The van der Waals surface area contributed by atoms with Crippen LogP contribution in [0.4, 0.5) is 0 Å². The first-order valence-electron chi connectivity index (χ1n) is 7.80. The molecule has 3 aliphatic rings. The lowest BCUT2D eigenvalue weighted by Crippen LogP contribution is -2.56. The van der Waals surface area contributed by atoms with Gasteiger partial charge in [0.25, 0.3) is 0 Å². The second kappa shape index (κ2) is 3.76. The number of Topliss-reactive ketones (excluding diaryl/α,β-unsaturated/α-hetero) is 1. The predicted octanol–water partition coefficient (Wildman–Crippen LogP) is 2.68. The smallest absolute Gasteiger partial charge is 0.142 e. The van der Waals surface area contributed by atoms with Gasteiger partial charge in [0.05, 0.1) is 11.5 Å². The maximum atomic E-state index is 12.9. The van der Waals surface area contributed by atoms with Crippen molar-refractivity contribution in [2.75, 3.05) is 0 Å². The molecule has 1 heterocycles. The van der Waals surface area contributed by atoms with Crippen LogP contribution in [0.25, 0.3) is 0 Å². The third-order valence-electron chi connectivity index (χ3n) is 6.42. The number of aliphatic hydroxyl groups is 1. The van der Waals surface area contributed by atoms with E-state index in [1.807, 2.05) is 37.3 Å². The van der Waals surface area contributed by atoms with Gasteiger partial charge in [0.15, 0.2) is 0 Å². The van der Waals surface area contributed by atoms with Crippen LogP contribution in [0.3, 0.4) is 0 Å². The van der Waals surface area contributed by atoms with Crippen molar-refractivity contribution in [1.82, 2.24) is 0 Å². The minimum Gasteiger partial charge on any atom is -0.390 e. The minimum atomic E-state index is -0.625. The highest BCUT2D eigenvalue weighted by Gasteiger charge is 2.86. The van der Waals surface area contributed by atoms with E-state index in [4.69, 9.17) is 4.74 Å². The van der Waals surface area contributed by atoms with Gasteiger partial charge < -0.3 is 9.84 Å². The van der Waals surface area contributed by atoms with Gasteiger partial charge in [-0.15, -0.1) is 0 Å². The molecule has 0 radical (unpaired) electrons. The summed E-state index contributed by atoms with van der Waals surface area (Å²) in [7, 11) is 0. The van der Waals surface area contributed by atoms with Crippen LogP contribution < -0.4 is 0 Å². The van der Waals surface area contributed by atoms with E-state index >= 15 is 0 Å². The van der Waals surface area contributed by atoms with Crippen molar-refractivity contribution in [1.29, 1.82) is 0 Å². The molecule has 2 aliphatic carbocycles. The van der Waals surface area contributed by atoms with Crippen LogP contribution in [-0.4, -0.2) is 28.7 Å². The Balaban J connectivity index is 1.90. The molecule has 3 fully saturated rings. The zero-order valence-corrected chi connectivity index (χ0v) is 12.8. The number of rotatable bonds is 1. The maximum Gasteiger partial charge on any atom is 0.142 e. The number of hydrogen-bond donors (Lipinski definition) is 1. The van der Waals surface area contributed by atoms with Crippen molar-refractivity contribution in [3.63, 3.8) is 0 Å². The summed E-state index contributed by atoms with van der Waals surface area (Å²) in [6.45, 7) is 6.37. The predicted molar refractivity (Wildman–Crippen MR) is 78.9 cm³/mol. The topological polar surface area (TPSA) is 49.8 Å². The quantitative estimate of drug-likeness (QED) is 0.808. The Morgan fingerprint density at radius 1 is 1.19 bits per heavy atom. The molecule has 0 amide bonds. The van der Waals surface area contributed by atoms with Gasteiger partial charge in [0, 0.05) is 12.3 Å². The van der Waals surface area contributed by atoms with E-state index in [1.54, 1.807) is 0 Å². The van der Waals surface area contributed by atoms with Crippen LogP contribution in [-0.2, 0) is 9.53 Å². The molecule has 3 heteroatoms. The first-order chi connectivity index (χ1) is 9.86. The number of ether oxygens (including phenoxy) is 1. The van der Waals surface area contributed by atoms with Crippen molar-refractivity contribution in [2.45, 2.75) is 57.3 Å². The van der Waals surface area contributed by atoms with Gasteiger partial charge in [0.2, 0.25) is 0 Å². The molecule has 2 saturated carbocycles. The lowest BCUT2D eigenvalue weighted by Gasteiger charge is -2.49. The summed E-state index contributed by atoms with van der Waals surface area (Å²) in [6.07, 6.45) is 0.620. The highest BCUT2D eigenvalue weighted by molar-refractivity contribution is 5.90. The standard InChI is InChI=1S/C18H22O3/c1-16(2)10-9-12(19)17(3)13(11-7-5-4-6-8-11)14(20)15-18(16,17)21-15/h4-8,13-15,20H,9-10H2,1-3H3/t13-,14-,15-,17+,18+/m1/s1. The van der Waals surface area contributed by atoms with Crippen molar-refractivity contribution >= 4 is 5.78 Å². The molecular formula is C18H22O3. The second-order valence-electron chi connectivity index (χ2n) is 7.66. The number of epoxide rings is 1. The van der Waals surface area contributed by atoms with Crippen LogP contribution in [0.5, 0.6) is 0 Å². The van der Waals surface area contributed by atoms with Crippen LogP contribution >= 0.6 is 0 Å². The lowest BCUT2D eigenvalue weighted by molar-refractivity contribution is -0.147. The Morgan fingerprint density at radius 3 is 2.52 bits per heavy atom. The summed E-state index contributed by atoms with van der Waals surface area (Å²) in [5.41, 5.74) is -0.144. The minimum absolute atomic E-state index is 0.0785. The van der Waals surface area contributed by atoms with Gasteiger partial charge in [-0.25, -0.2) is 0 Å². The zero-order chi connectivity index (χ0) is 15.0. The number of ketones is 1.